The molecule has 0 spiro atoms. The second-order valence-electron chi connectivity index (χ2n) is 12.7. The molecule has 0 aliphatic heterocycles. The van der Waals surface area contributed by atoms with Crippen LogP contribution in [0.3, 0.4) is 0 Å². The summed E-state index contributed by atoms with van der Waals surface area (Å²) in [5.41, 5.74) is 2.93. The predicted octanol–water partition coefficient (Wildman–Crippen LogP) is 5.18. The third kappa shape index (κ3) is 7.52. The topological polar surface area (TPSA) is 157 Å². The standard InChI is InChI=1S/C35H46N6O6/c1-19(2)31(34(44)39-35-38-29(40-41-35)16-11-21-9-7-8-10-21)37-26-15-13-23-24(18-27(26)43)25(36-20(3)42)14-12-22-17-28(45-4)32(46-5)33(47-6)30(22)23/h13,15,17-19,21,25,31H,7-12,14,16H2,1-6H3,(H,36,42)(H,37,43)(H2,38,39,40,41,44)/t25-,31-/m1/s1. The highest BCUT2D eigenvalue weighted by atomic mass is 16.5. The Kier molecular flexibility index (Phi) is 10.7. The fraction of sp³-hybridized carbons (Fsp3) is 0.514. The number of benzene rings is 1. The molecule has 0 bridgehead atoms. The van der Waals surface area contributed by atoms with Crippen LogP contribution in [0.5, 0.6) is 17.2 Å². The number of fused-ring (bicyclic) bond motifs is 3. The lowest BCUT2D eigenvalue weighted by molar-refractivity contribution is -0.120. The molecule has 5 rings (SSSR count). The van der Waals surface area contributed by atoms with Crippen molar-refractivity contribution in [1.29, 1.82) is 0 Å². The number of hydrogen-bond donors (Lipinski definition) is 4. The Morgan fingerprint density at radius 3 is 2.43 bits per heavy atom. The van der Waals surface area contributed by atoms with Crippen molar-refractivity contribution in [3.05, 3.63) is 51.4 Å². The molecule has 2 amide bonds. The number of H-pyrrole nitrogens is 1. The number of rotatable bonds is 12. The number of carbonyl (C=O) groups is 2. The maximum absolute atomic E-state index is 13.8. The Bertz CT molecular complexity index is 1660. The SMILES string of the molecule is COc1cc2c(c(OC)c1OC)-c1ccc(N[C@@H](C(=O)Nc3n[nH]c(CCC4CCCC4)n3)C(C)C)c(=O)cc1[C@H](NC(C)=O)CC2. The Hall–Kier alpha value is -4.61. The van der Waals surface area contributed by atoms with E-state index >= 15 is 0 Å². The van der Waals surface area contributed by atoms with E-state index in [-0.39, 0.29) is 34.8 Å². The molecule has 47 heavy (non-hydrogen) atoms. The van der Waals surface area contributed by atoms with Crippen LogP contribution in [0, 0.1) is 11.8 Å². The molecule has 3 aromatic rings. The Labute approximate surface area is 275 Å². The summed E-state index contributed by atoms with van der Waals surface area (Å²) in [5.74, 6) is 2.36. The molecule has 252 valence electrons. The van der Waals surface area contributed by atoms with E-state index in [1.807, 2.05) is 26.0 Å². The highest BCUT2D eigenvalue weighted by molar-refractivity contribution is 5.95. The average molecular weight is 647 g/mol. The normalized spacial score (nSPS) is 16.4. The predicted molar refractivity (Wildman–Crippen MR) is 180 cm³/mol. The fourth-order valence-corrected chi connectivity index (χ4v) is 6.82. The van der Waals surface area contributed by atoms with Crippen molar-refractivity contribution in [2.75, 3.05) is 32.0 Å². The second-order valence-corrected chi connectivity index (χ2v) is 12.7. The maximum atomic E-state index is 13.8. The van der Waals surface area contributed by atoms with E-state index in [9.17, 15) is 14.4 Å². The molecule has 2 atom stereocenters. The first-order chi connectivity index (χ1) is 22.6. The molecule has 1 heterocycles. The van der Waals surface area contributed by atoms with Gasteiger partial charge >= 0.3 is 0 Å². The molecule has 2 aliphatic rings. The molecule has 12 nitrogen and oxygen atoms in total. The molecule has 4 N–H and O–H groups in total. The van der Waals surface area contributed by atoms with Gasteiger partial charge in [0.25, 0.3) is 0 Å². The average Bonchev–Trinajstić information content (AvgIpc) is 3.67. The summed E-state index contributed by atoms with van der Waals surface area (Å²) < 4.78 is 17.2. The van der Waals surface area contributed by atoms with Gasteiger partial charge < -0.3 is 24.8 Å². The van der Waals surface area contributed by atoms with Crippen molar-refractivity contribution in [1.82, 2.24) is 20.5 Å². The first-order valence-electron chi connectivity index (χ1n) is 16.4. The van der Waals surface area contributed by atoms with Crippen LogP contribution in [0.1, 0.15) is 82.3 Å². The van der Waals surface area contributed by atoms with Crippen LogP contribution in [-0.4, -0.2) is 54.4 Å². The van der Waals surface area contributed by atoms with Crippen LogP contribution in [0.4, 0.5) is 11.6 Å². The van der Waals surface area contributed by atoms with Crippen molar-refractivity contribution >= 4 is 23.5 Å². The summed E-state index contributed by atoms with van der Waals surface area (Å²) in [6.45, 7) is 5.26. The van der Waals surface area contributed by atoms with Gasteiger partial charge in [-0.25, -0.2) is 0 Å². The summed E-state index contributed by atoms with van der Waals surface area (Å²) >= 11 is 0. The monoisotopic (exact) mass is 646 g/mol. The minimum Gasteiger partial charge on any atom is -0.493 e. The molecule has 0 saturated heterocycles. The maximum Gasteiger partial charge on any atom is 0.249 e. The van der Waals surface area contributed by atoms with E-state index in [1.165, 1.54) is 38.7 Å². The lowest BCUT2D eigenvalue weighted by Gasteiger charge is -2.21. The van der Waals surface area contributed by atoms with E-state index in [4.69, 9.17) is 14.2 Å². The fourth-order valence-electron chi connectivity index (χ4n) is 6.82. The second kappa shape index (κ2) is 14.9. The quantitative estimate of drug-likeness (QED) is 0.208. The molecular weight excluding hydrogens is 600 g/mol. The van der Waals surface area contributed by atoms with Crippen LogP contribution >= 0.6 is 0 Å². The van der Waals surface area contributed by atoms with E-state index in [0.29, 0.717) is 41.2 Å². The number of aryl methyl sites for hydroxylation is 2. The molecule has 0 radical (unpaired) electrons. The van der Waals surface area contributed by atoms with Gasteiger partial charge in [-0.2, -0.15) is 4.98 Å². The number of ether oxygens (including phenoxy) is 3. The zero-order valence-electron chi connectivity index (χ0n) is 28.1. The van der Waals surface area contributed by atoms with Crippen molar-refractivity contribution < 1.29 is 23.8 Å². The van der Waals surface area contributed by atoms with Crippen molar-refractivity contribution in [3.8, 4) is 28.4 Å². The van der Waals surface area contributed by atoms with Crippen molar-refractivity contribution in [2.45, 2.75) is 84.2 Å². The van der Waals surface area contributed by atoms with E-state index in [0.717, 1.165) is 35.7 Å². The van der Waals surface area contributed by atoms with Crippen LogP contribution in [0.25, 0.3) is 11.1 Å². The van der Waals surface area contributed by atoms with Gasteiger partial charge in [-0.3, -0.25) is 24.8 Å². The zero-order valence-corrected chi connectivity index (χ0v) is 28.1. The number of nitrogens with one attached hydrogen (secondary N) is 4. The molecule has 1 fully saturated rings. The number of anilines is 2. The number of aromatic amines is 1. The summed E-state index contributed by atoms with van der Waals surface area (Å²) in [6.07, 6.45) is 8.09. The molecule has 12 heteroatoms. The highest BCUT2D eigenvalue weighted by Crippen LogP contribution is 2.50. The molecule has 1 aromatic heterocycles. The molecule has 0 unspecified atom stereocenters. The number of aromatic nitrogens is 3. The molecular formula is C35H46N6O6. The number of hydrogen-bond acceptors (Lipinski definition) is 9. The van der Waals surface area contributed by atoms with Crippen LogP contribution in [-0.2, 0) is 22.4 Å². The van der Waals surface area contributed by atoms with Crippen molar-refractivity contribution in [2.24, 2.45) is 11.8 Å². The smallest absolute Gasteiger partial charge is 0.249 e. The van der Waals surface area contributed by atoms with Crippen LogP contribution < -0.4 is 35.6 Å². The minimum atomic E-state index is -0.761. The number of carbonyl (C=O) groups excluding carboxylic acids is 2. The third-order valence-electron chi connectivity index (χ3n) is 9.21. The van der Waals surface area contributed by atoms with Gasteiger partial charge in [0.05, 0.1) is 33.1 Å². The molecule has 1 saturated carbocycles. The lowest BCUT2D eigenvalue weighted by atomic mass is 9.95. The summed E-state index contributed by atoms with van der Waals surface area (Å²) in [5, 5.41) is 16.2. The molecule has 2 aliphatic carbocycles. The van der Waals surface area contributed by atoms with E-state index in [2.05, 4.69) is 31.1 Å². The van der Waals surface area contributed by atoms with Crippen LogP contribution in [0.15, 0.2) is 29.1 Å². The van der Waals surface area contributed by atoms with Crippen molar-refractivity contribution in [3.63, 3.8) is 0 Å². The number of methoxy groups -OCH3 is 3. The summed E-state index contributed by atoms with van der Waals surface area (Å²) in [7, 11) is 4.66. The number of nitrogens with zero attached hydrogens (tertiary/aromatic N) is 2. The minimum absolute atomic E-state index is 0.178. The van der Waals surface area contributed by atoms with Gasteiger partial charge in [0, 0.05) is 18.9 Å². The first-order valence-corrected chi connectivity index (χ1v) is 16.4. The largest absolute Gasteiger partial charge is 0.493 e. The Balaban J connectivity index is 1.47. The highest BCUT2D eigenvalue weighted by Gasteiger charge is 2.30. The van der Waals surface area contributed by atoms with E-state index in [1.54, 1.807) is 27.4 Å². The molecule has 2 aromatic carbocycles. The van der Waals surface area contributed by atoms with E-state index < -0.39 is 12.1 Å². The van der Waals surface area contributed by atoms with Gasteiger partial charge in [-0.15, -0.1) is 5.10 Å². The lowest BCUT2D eigenvalue weighted by Crippen LogP contribution is -2.40. The summed E-state index contributed by atoms with van der Waals surface area (Å²) in [4.78, 5) is 44.1. The third-order valence-corrected chi connectivity index (χ3v) is 9.21. The Morgan fingerprint density at radius 1 is 1.02 bits per heavy atom. The van der Waals surface area contributed by atoms with Gasteiger partial charge in [0.15, 0.2) is 11.5 Å². The van der Waals surface area contributed by atoms with Gasteiger partial charge in [-0.1, -0.05) is 45.6 Å². The van der Waals surface area contributed by atoms with Gasteiger partial charge in [0.2, 0.25) is 28.9 Å². The number of amides is 2. The Morgan fingerprint density at radius 2 is 1.77 bits per heavy atom. The first kappa shape index (κ1) is 33.7. The summed E-state index contributed by atoms with van der Waals surface area (Å²) in [6, 6.07) is 5.74. The van der Waals surface area contributed by atoms with Gasteiger partial charge in [-0.05, 0) is 66.0 Å². The van der Waals surface area contributed by atoms with Gasteiger partial charge in [0.1, 0.15) is 11.9 Å². The zero-order chi connectivity index (χ0) is 33.7. The van der Waals surface area contributed by atoms with Crippen LogP contribution in [0.2, 0.25) is 0 Å².